The van der Waals surface area contributed by atoms with Crippen LogP contribution < -0.4 is 0 Å². The number of nitrogens with one attached hydrogen (secondary N) is 1. The molecule has 174 valence electrons. The quantitative estimate of drug-likeness (QED) is 0.488. The summed E-state index contributed by atoms with van der Waals surface area (Å²) in [6.07, 6.45) is 3.40. The number of carbonyl (C=O) groups is 1. The summed E-state index contributed by atoms with van der Waals surface area (Å²) < 4.78 is 13.8. The number of imidazole rings is 1. The average Bonchev–Trinajstić information content (AvgIpc) is 3.23. The van der Waals surface area contributed by atoms with Crippen molar-refractivity contribution < 1.29 is 14.3 Å². The van der Waals surface area contributed by atoms with Crippen LogP contribution in [0.15, 0.2) is 48.7 Å². The van der Waals surface area contributed by atoms with E-state index in [4.69, 9.17) is 4.98 Å². The topological polar surface area (TPSA) is 85.4 Å². The third kappa shape index (κ3) is 3.93. The minimum atomic E-state index is -0.408. The second-order valence-corrected chi connectivity index (χ2v) is 9.39. The van der Waals surface area contributed by atoms with Gasteiger partial charge in [0.2, 0.25) is 0 Å². The van der Waals surface area contributed by atoms with Gasteiger partial charge in [-0.2, -0.15) is 0 Å². The zero-order valence-electron chi connectivity index (χ0n) is 18.7. The first-order chi connectivity index (χ1) is 16.5. The molecule has 2 aliphatic rings. The smallest absolute Gasteiger partial charge is 0.254 e. The summed E-state index contributed by atoms with van der Waals surface area (Å²) in [5.74, 6) is 0.979. The molecule has 0 unspecified atom stereocenters. The Labute approximate surface area is 196 Å². The molecule has 2 aromatic heterocycles. The van der Waals surface area contributed by atoms with Crippen molar-refractivity contribution in [3.63, 3.8) is 0 Å². The standard InChI is InChI=1S/C26H26FN5O2/c27-18-2-4-22-21(12-18)20(5-8-28-22)16-6-9-31(10-7-16)15-25-29-23-3-1-17(11-24(23)30-25)26(34)32-13-19(33)14-32/h1-5,8,11-12,16,19,33H,6-7,9-10,13-15H2,(H,29,30). The van der Waals surface area contributed by atoms with E-state index in [-0.39, 0.29) is 11.7 Å². The van der Waals surface area contributed by atoms with E-state index in [1.807, 2.05) is 24.4 Å². The van der Waals surface area contributed by atoms with E-state index in [0.717, 1.165) is 53.7 Å². The number of fused-ring (bicyclic) bond motifs is 2. The van der Waals surface area contributed by atoms with Gasteiger partial charge in [-0.15, -0.1) is 0 Å². The molecule has 2 aliphatic heterocycles. The van der Waals surface area contributed by atoms with Gasteiger partial charge in [-0.3, -0.25) is 14.7 Å². The highest BCUT2D eigenvalue weighted by atomic mass is 19.1. The summed E-state index contributed by atoms with van der Waals surface area (Å²) in [6, 6.07) is 12.4. The number of pyridine rings is 1. The number of aliphatic hydroxyl groups excluding tert-OH is 1. The van der Waals surface area contributed by atoms with Crippen molar-refractivity contribution in [1.82, 2.24) is 24.8 Å². The number of halogens is 1. The number of aliphatic hydroxyl groups is 1. The Morgan fingerprint density at radius 1 is 1.09 bits per heavy atom. The number of amides is 1. The fourth-order valence-corrected chi connectivity index (χ4v) is 5.18. The Kier molecular flexibility index (Phi) is 5.27. The number of aromatic amines is 1. The lowest BCUT2D eigenvalue weighted by molar-refractivity contribution is 0.00590. The average molecular weight is 460 g/mol. The number of rotatable bonds is 4. The second kappa shape index (κ2) is 8.45. The Morgan fingerprint density at radius 2 is 1.88 bits per heavy atom. The number of nitrogens with zero attached hydrogens (tertiary/aromatic N) is 4. The van der Waals surface area contributed by atoms with Gasteiger partial charge in [-0.25, -0.2) is 9.37 Å². The minimum Gasteiger partial charge on any atom is -0.389 e. The summed E-state index contributed by atoms with van der Waals surface area (Å²) in [5, 5.41) is 10.4. The Balaban J connectivity index is 1.12. The predicted molar refractivity (Wildman–Crippen MR) is 127 cm³/mol. The van der Waals surface area contributed by atoms with Crippen molar-refractivity contribution in [3.8, 4) is 0 Å². The molecule has 0 aliphatic carbocycles. The number of hydrogen-bond acceptors (Lipinski definition) is 5. The highest BCUT2D eigenvalue weighted by Gasteiger charge is 2.29. The minimum absolute atomic E-state index is 0.0612. The van der Waals surface area contributed by atoms with Crippen molar-refractivity contribution >= 4 is 27.8 Å². The molecule has 7 nitrogen and oxygen atoms in total. The van der Waals surface area contributed by atoms with Crippen LogP contribution in [0.3, 0.4) is 0 Å². The maximum absolute atomic E-state index is 13.8. The first-order valence-corrected chi connectivity index (χ1v) is 11.8. The third-order valence-corrected chi connectivity index (χ3v) is 7.07. The van der Waals surface area contributed by atoms with E-state index in [1.165, 1.54) is 11.6 Å². The highest BCUT2D eigenvalue weighted by molar-refractivity contribution is 5.97. The molecule has 0 radical (unpaired) electrons. The lowest BCUT2D eigenvalue weighted by Crippen LogP contribution is -2.53. The molecule has 4 aromatic rings. The fraction of sp³-hybridized carbons (Fsp3) is 0.346. The van der Waals surface area contributed by atoms with Gasteiger partial charge in [0.05, 0.1) is 29.2 Å². The molecule has 8 heteroatoms. The van der Waals surface area contributed by atoms with E-state index in [1.54, 1.807) is 23.1 Å². The molecular formula is C26H26FN5O2. The molecule has 0 atom stereocenters. The summed E-state index contributed by atoms with van der Waals surface area (Å²) in [6.45, 7) is 3.37. The van der Waals surface area contributed by atoms with E-state index in [2.05, 4.69) is 14.9 Å². The molecule has 1 amide bonds. The maximum atomic E-state index is 13.8. The molecule has 2 aromatic carbocycles. The monoisotopic (exact) mass is 459 g/mol. The van der Waals surface area contributed by atoms with Gasteiger partial charge >= 0.3 is 0 Å². The van der Waals surface area contributed by atoms with Crippen molar-refractivity contribution in [1.29, 1.82) is 0 Å². The van der Waals surface area contributed by atoms with Crippen molar-refractivity contribution in [2.45, 2.75) is 31.4 Å². The maximum Gasteiger partial charge on any atom is 0.254 e. The Hall–Kier alpha value is -3.36. The summed E-state index contributed by atoms with van der Waals surface area (Å²) in [7, 11) is 0. The lowest BCUT2D eigenvalue weighted by atomic mass is 9.87. The van der Waals surface area contributed by atoms with Crippen molar-refractivity contribution in [2.24, 2.45) is 0 Å². The van der Waals surface area contributed by atoms with Crippen molar-refractivity contribution in [2.75, 3.05) is 26.2 Å². The van der Waals surface area contributed by atoms with Gasteiger partial charge in [0.15, 0.2) is 0 Å². The van der Waals surface area contributed by atoms with Gasteiger partial charge in [0.25, 0.3) is 5.91 Å². The van der Waals surface area contributed by atoms with Crippen LogP contribution in [0.2, 0.25) is 0 Å². The number of likely N-dealkylation sites (tertiary alicyclic amines) is 2. The first kappa shape index (κ1) is 21.2. The lowest BCUT2D eigenvalue weighted by Gasteiger charge is -2.35. The Bertz CT molecular complexity index is 1370. The number of hydrogen-bond donors (Lipinski definition) is 2. The largest absolute Gasteiger partial charge is 0.389 e. The van der Waals surface area contributed by atoms with Crippen LogP contribution in [0.1, 0.15) is 40.5 Å². The van der Waals surface area contributed by atoms with E-state index >= 15 is 0 Å². The molecule has 2 N–H and O–H groups in total. The molecule has 34 heavy (non-hydrogen) atoms. The Morgan fingerprint density at radius 3 is 2.68 bits per heavy atom. The van der Waals surface area contributed by atoms with Crippen LogP contribution in [-0.2, 0) is 6.54 Å². The first-order valence-electron chi connectivity index (χ1n) is 11.8. The molecule has 4 heterocycles. The van der Waals surface area contributed by atoms with Gasteiger partial charge in [0.1, 0.15) is 11.6 Å². The van der Waals surface area contributed by atoms with Crippen LogP contribution in [0.5, 0.6) is 0 Å². The molecule has 6 rings (SSSR count). The molecule has 0 spiro atoms. The van der Waals surface area contributed by atoms with Crippen LogP contribution in [0.4, 0.5) is 4.39 Å². The third-order valence-electron chi connectivity index (χ3n) is 7.07. The number of H-pyrrole nitrogens is 1. The molecule has 0 bridgehead atoms. The number of piperidine rings is 1. The SMILES string of the molecule is O=C(c1ccc2nc(CN3CCC(c4ccnc5ccc(F)cc45)CC3)[nH]c2c1)N1CC(O)C1. The van der Waals surface area contributed by atoms with Gasteiger partial charge in [-0.1, -0.05) is 0 Å². The van der Waals surface area contributed by atoms with Gasteiger partial charge in [0, 0.05) is 30.2 Å². The summed E-state index contributed by atoms with van der Waals surface area (Å²) >= 11 is 0. The highest BCUT2D eigenvalue weighted by Crippen LogP contribution is 2.33. The van der Waals surface area contributed by atoms with Crippen LogP contribution in [-0.4, -0.2) is 68.0 Å². The van der Waals surface area contributed by atoms with Gasteiger partial charge in [-0.05, 0) is 79.9 Å². The van der Waals surface area contributed by atoms with Crippen molar-refractivity contribution in [3.05, 3.63) is 71.4 Å². The summed E-state index contributed by atoms with van der Waals surface area (Å²) in [4.78, 5) is 29.0. The van der Waals surface area contributed by atoms with Crippen LogP contribution in [0.25, 0.3) is 21.9 Å². The molecule has 2 fully saturated rings. The number of aromatic nitrogens is 3. The molecular weight excluding hydrogens is 433 g/mol. The zero-order valence-corrected chi connectivity index (χ0v) is 18.7. The van der Waals surface area contributed by atoms with E-state index < -0.39 is 6.10 Å². The second-order valence-electron chi connectivity index (χ2n) is 9.39. The van der Waals surface area contributed by atoms with E-state index in [0.29, 0.717) is 31.1 Å². The zero-order chi connectivity index (χ0) is 23.2. The number of benzene rings is 2. The van der Waals surface area contributed by atoms with E-state index in [9.17, 15) is 14.3 Å². The van der Waals surface area contributed by atoms with Gasteiger partial charge < -0.3 is 15.0 Å². The number of β-amino-alcohol motifs (C(OH)–C–C–N with tert-alkyl or cyclic N) is 1. The molecule has 0 saturated carbocycles. The molecule has 2 saturated heterocycles. The van der Waals surface area contributed by atoms with Crippen LogP contribution >= 0.6 is 0 Å². The fourth-order valence-electron chi connectivity index (χ4n) is 5.18. The van der Waals surface area contributed by atoms with Crippen LogP contribution in [0, 0.1) is 5.82 Å². The number of carbonyl (C=O) groups excluding carboxylic acids is 1. The predicted octanol–water partition coefficient (Wildman–Crippen LogP) is 3.45. The normalized spacial score (nSPS) is 18.0. The summed E-state index contributed by atoms with van der Waals surface area (Å²) in [5.41, 5.74) is 4.32.